The van der Waals surface area contributed by atoms with Crippen LogP contribution in [0.4, 0.5) is 4.39 Å². The van der Waals surface area contributed by atoms with Crippen LogP contribution in [0.3, 0.4) is 0 Å². The zero-order valence-corrected chi connectivity index (χ0v) is 43.1. The molecule has 0 saturated carbocycles. The van der Waals surface area contributed by atoms with Gasteiger partial charge in [0.15, 0.2) is 11.6 Å². The van der Waals surface area contributed by atoms with Gasteiger partial charge in [-0.2, -0.15) is 0 Å². The number of allylic oxidation sites excluding steroid dienone is 4. The van der Waals surface area contributed by atoms with E-state index in [-0.39, 0.29) is 57.7 Å². The van der Waals surface area contributed by atoms with E-state index in [1.807, 2.05) is 19.9 Å². The second kappa shape index (κ2) is 22.2. The number of carboxylic acids is 1. The molecule has 4 atom stereocenters. The molecule has 0 radical (unpaired) electrons. The van der Waals surface area contributed by atoms with Gasteiger partial charge in [0.1, 0.15) is 53.7 Å². The lowest BCUT2D eigenvalue weighted by molar-refractivity contribution is -0.145. The number of alkyl halides is 1. The molecule has 2 saturated heterocycles. The van der Waals surface area contributed by atoms with Crippen molar-refractivity contribution in [2.24, 2.45) is 0 Å². The van der Waals surface area contributed by atoms with E-state index < -0.39 is 23.8 Å². The molecule has 382 valence electrons. The van der Waals surface area contributed by atoms with Gasteiger partial charge in [-0.3, -0.25) is 4.90 Å². The topological polar surface area (TPSA) is 160 Å². The van der Waals surface area contributed by atoms with E-state index in [2.05, 4.69) is 32.9 Å². The van der Waals surface area contributed by atoms with Crippen molar-refractivity contribution in [3.63, 3.8) is 0 Å². The summed E-state index contributed by atoms with van der Waals surface area (Å²) in [6.07, 6.45) is 8.60. The van der Waals surface area contributed by atoms with Crippen molar-refractivity contribution in [1.82, 2.24) is 29.7 Å². The highest BCUT2D eigenvalue weighted by Crippen LogP contribution is 2.53. The summed E-state index contributed by atoms with van der Waals surface area (Å²) in [6, 6.07) is 7.08. The third-order valence-corrected chi connectivity index (χ3v) is 16.2. The molecule has 5 aromatic rings. The number of carboxylic acid groups (broad SMARTS) is 1. The van der Waals surface area contributed by atoms with Crippen molar-refractivity contribution in [2.45, 2.75) is 89.4 Å². The van der Waals surface area contributed by atoms with Gasteiger partial charge in [0, 0.05) is 67.8 Å². The fourth-order valence-corrected chi connectivity index (χ4v) is 11.7. The van der Waals surface area contributed by atoms with Crippen LogP contribution >= 0.6 is 34.5 Å². The number of halogens is 3. The number of carbonyl (C=O) groups is 1. The Labute approximate surface area is 432 Å². The Kier molecular flexibility index (Phi) is 15.6. The minimum atomic E-state index is -1.51. The van der Waals surface area contributed by atoms with E-state index in [0.717, 1.165) is 78.1 Å². The van der Waals surface area contributed by atoms with E-state index in [1.165, 1.54) is 23.2 Å². The zero-order valence-electron chi connectivity index (χ0n) is 40.7. The summed E-state index contributed by atoms with van der Waals surface area (Å²) in [5.74, 6) is 0.662. The van der Waals surface area contributed by atoms with Gasteiger partial charge in [0.25, 0.3) is 0 Å². The van der Waals surface area contributed by atoms with Gasteiger partial charge in [0.05, 0.1) is 54.2 Å². The highest BCUT2D eigenvalue weighted by molar-refractivity contribution is 7.20. The number of piperazine rings is 1. The molecule has 0 amide bonds. The van der Waals surface area contributed by atoms with Crippen molar-refractivity contribution in [3.05, 3.63) is 92.1 Å². The number of rotatable bonds is 12. The van der Waals surface area contributed by atoms with Crippen molar-refractivity contribution < 1.29 is 47.4 Å². The molecule has 4 aliphatic heterocycles. The number of likely N-dealkylation sites (N-methyl/N-ethyl adjacent to an activating group) is 1. The van der Waals surface area contributed by atoms with Crippen molar-refractivity contribution >= 4 is 61.9 Å². The van der Waals surface area contributed by atoms with Gasteiger partial charge in [-0.25, -0.2) is 29.1 Å². The van der Waals surface area contributed by atoms with Crippen LogP contribution in [-0.4, -0.2) is 144 Å². The highest BCUT2D eigenvalue weighted by atomic mass is 35.5. The van der Waals surface area contributed by atoms with E-state index in [9.17, 15) is 9.90 Å². The minimum absolute atomic E-state index is 0.0320. The molecule has 15 nitrogen and oxygen atoms in total. The van der Waals surface area contributed by atoms with Gasteiger partial charge < -0.3 is 43.2 Å². The molecule has 19 heteroatoms. The summed E-state index contributed by atoms with van der Waals surface area (Å²) in [5.41, 5.74) is 4.69. The molecule has 6 aliphatic rings. The molecule has 3 aromatic heterocycles. The Morgan fingerprint density at radius 3 is 2.54 bits per heavy atom. The maximum absolute atomic E-state index is 15.8. The predicted molar refractivity (Wildman–Crippen MR) is 274 cm³/mol. The largest absolute Gasteiger partial charge is 0.490 e. The van der Waals surface area contributed by atoms with Gasteiger partial charge in [-0.05, 0) is 105 Å². The molecule has 4 bridgehead atoms. The Balaban J connectivity index is 0.967. The second-order valence-electron chi connectivity index (χ2n) is 19.3. The first kappa shape index (κ1) is 50.5. The lowest BCUT2D eigenvalue weighted by atomic mass is 9.87. The van der Waals surface area contributed by atoms with Crippen molar-refractivity contribution in [3.8, 4) is 34.3 Å². The minimum Gasteiger partial charge on any atom is -0.490 e. The van der Waals surface area contributed by atoms with Crippen LogP contribution in [0.25, 0.3) is 32.5 Å². The molecule has 2 aromatic carbocycles. The standard InChI is InChI=1S/C53H59Cl2FN6O9S/c1-31-42-32(2)46(55)47(45(31)54)70-38(24-62-18-16-61(3)17-19-62)28-68-37-8-9-40(35(22-37)23-41(52(63)64)71-50-44-43(42)48(33-6-4-5-7-33)72-51(44)59-30-58-50)69-25-36-12-15-57-49(60-36)34-10-13-53(56,14-11-34)29-66-27-39-26-65-20-21-67-39/h6,8-10,12,15,22,30,38-39,41H,4-5,7,11,13-14,16-21,23-29H2,1-3H3,(H,63,64)/t38?,39-,41-,53-/m1/s1. The maximum atomic E-state index is 15.8. The van der Waals surface area contributed by atoms with Crippen LogP contribution < -0.4 is 18.9 Å². The number of nitrogens with zero attached hydrogens (tertiary/aromatic N) is 6. The lowest BCUT2D eigenvalue weighted by Crippen LogP contribution is -2.49. The summed E-state index contributed by atoms with van der Waals surface area (Å²) in [4.78, 5) is 38.3. The molecular formula is C53H59Cl2FN6O9S. The van der Waals surface area contributed by atoms with Gasteiger partial charge in [-0.1, -0.05) is 35.4 Å². The molecule has 2 fully saturated rings. The summed E-state index contributed by atoms with van der Waals surface area (Å²) < 4.78 is 59.1. The van der Waals surface area contributed by atoms with Crippen molar-refractivity contribution in [2.75, 3.05) is 79.4 Å². The second-order valence-corrected chi connectivity index (χ2v) is 21.0. The predicted octanol–water partition coefficient (Wildman–Crippen LogP) is 9.39. The molecule has 72 heavy (non-hydrogen) atoms. The normalized spacial score (nSPS) is 23.2. The zero-order chi connectivity index (χ0) is 49.9. The SMILES string of the molecule is Cc1c(Cl)c2c(Cl)c(C)c1-c1c(C3=CCCC3)sc3ncnc(c13)O[C@@H](C(=O)O)Cc1cc(ccc1OCc1ccnc(C3=CC[C@](F)(COC[C@H]4COCCO4)CC3)n1)OCC(CN1CCN(C)CC1)O2. The summed E-state index contributed by atoms with van der Waals surface area (Å²) >= 11 is 16.3. The third-order valence-electron chi connectivity index (χ3n) is 14.1. The molecule has 0 spiro atoms. The van der Waals surface area contributed by atoms with E-state index in [0.29, 0.717) is 87.4 Å². The average molecular weight is 1050 g/mol. The Morgan fingerprint density at radius 1 is 0.972 bits per heavy atom. The monoisotopic (exact) mass is 1040 g/mol. The number of aromatic nitrogens is 4. The van der Waals surface area contributed by atoms with E-state index in [4.69, 9.17) is 66.3 Å². The van der Waals surface area contributed by atoms with Crippen LogP contribution in [0, 0.1) is 13.8 Å². The lowest BCUT2D eigenvalue weighted by Gasteiger charge is -2.35. The molecule has 1 N–H and O–H groups in total. The summed E-state index contributed by atoms with van der Waals surface area (Å²) in [5, 5.41) is 12.3. The Morgan fingerprint density at radius 2 is 1.81 bits per heavy atom. The number of ether oxygens (including phenoxy) is 7. The van der Waals surface area contributed by atoms with Gasteiger partial charge >= 0.3 is 5.97 Å². The van der Waals surface area contributed by atoms with Gasteiger partial charge in [-0.15, -0.1) is 11.3 Å². The molecule has 2 aliphatic carbocycles. The quantitative estimate of drug-likeness (QED) is 0.126. The maximum Gasteiger partial charge on any atom is 0.345 e. The number of hydrogen-bond donors (Lipinski definition) is 1. The smallest absolute Gasteiger partial charge is 0.345 e. The first-order chi connectivity index (χ1) is 34.9. The van der Waals surface area contributed by atoms with Crippen LogP contribution in [0.15, 0.2) is 48.9 Å². The molecule has 7 heterocycles. The first-order valence-corrected chi connectivity index (χ1v) is 26.2. The Bertz CT molecular complexity index is 2840. The summed E-state index contributed by atoms with van der Waals surface area (Å²) in [7, 11) is 2.12. The fraction of sp³-hybridized carbons (Fsp3) is 0.491. The number of hydrogen-bond acceptors (Lipinski definition) is 15. The Hall–Kier alpha value is -4.98. The fourth-order valence-electron chi connectivity index (χ4n) is 10.0. The summed E-state index contributed by atoms with van der Waals surface area (Å²) in [6.45, 7) is 9.89. The number of thiophene rings is 1. The van der Waals surface area contributed by atoms with Crippen LogP contribution in [0.5, 0.6) is 23.1 Å². The van der Waals surface area contributed by atoms with Crippen LogP contribution in [0.1, 0.15) is 71.6 Å². The van der Waals surface area contributed by atoms with E-state index >= 15 is 4.39 Å². The molecule has 11 rings (SSSR count). The number of benzene rings is 2. The van der Waals surface area contributed by atoms with Crippen LogP contribution in [0.2, 0.25) is 10.0 Å². The number of fused-ring (bicyclic) bond motifs is 7. The van der Waals surface area contributed by atoms with E-state index in [1.54, 1.807) is 30.5 Å². The van der Waals surface area contributed by atoms with Gasteiger partial charge in [0.2, 0.25) is 12.0 Å². The highest BCUT2D eigenvalue weighted by Gasteiger charge is 2.35. The van der Waals surface area contributed by atoms with Crippen LogP contribution in [-0.2, 0) is 32.0 Å². The third kappa shape index (κ3) is 11.2. The van der Waals surface area contributed by atoms with Crippen molar-refractivity contribution in [1.29, 1.82) is 0 Å². The first-order valence-electron chi connectivity index (χ1n) is 24.7. The molecule has 1 unspecified atom stereocenters. The number of aliphatic carboxylic acids is 1. The average Bonchev–Trinajstić information content (AvgIpc) is 4.06. The molecular weight excluding hydrogens is 987 g/mol.